The first-order chi connectivity index (χ1) is 20.7. The predicted molar refractivity (Wildman–Crippen MR) is 160 cm³/mol. The van der Waals surface area contributed by atoms with Gasteiger partial charge in [-0.1, -0.05) is 12.1 Å². The number of nitrogens with zero attached hydrogens (tertiary/aromatic N) is 1. The Hall–Kier alpha value is -4.49. The SMILES string of the molecule is COc1ccc(OC)c(N(CC(=O)Nc2ccccc2C(=O)NC[C@@H]2CCCO2)S(=O)(=O)c2ccc(OC)c(OC)c2)c1. The van der Waals surface area contributed by atoms with Gasteiger partial charge in [0.25, 0.3) is 15.9 Å². The molecule has 2 amide bonds. The van der Waals surface area contributed by atoms with Gasteiger partial charge < -0.3 is 34.3 Å². The van der Waals surface area contributed by atoms with Crippen LogP contribution in [-0.4, -0.2) is 74.5 Å². The van der Waals surface area contributed by atoms with E-state index in [-0.39, 0.29) is 39.4 Å². The summed E-state index contributed by atoms with van der Waals surface area (Å²) in [7, 11) is 1.25. The molecule has 0 aliphatic carbocycles. The summed E-state index contributed by atoms with van der Waals surface area (Å²) in [6.45, 7) is 0.341. The topological polar surface area (TPSA) is 142 Å². The molecule has 4 rings (SSSR count). The van der Waals surface area contributed by atoms with Crippen LogP contribution in [0.4, 0.5) is 11.4 Å². The molecular weight excluding hydrogens is 578 g/mol. The van der Waals surface area contributed by atoms with Gasteiger partial charge in [-0.15, -0.1) is 0 Å². The van der Waals surface area contributed by atoms with E-state index >= 15 is 0 Å². The molecule has 0 saturated carbocycles. The Kier molecular flexibility index (Phi) is 10.3. The van der Waals surface area contributed by atoms with E-state index in [0.29, 0.717) is 24.7 Å². The van der Waals surface area contributed by atoms with Gasteiger partial charge in [0.05, 0.1) is 56.4 Å². The first kappa shape index (κ1) is 31.4. The number of sulfonamides is 1. The summed E-state index contributed by atoms with van der Waals surface area (Å²) in [6, 6.07) is 15.2. The van der Waals surface area contributed by atoms with Gasteiger partial charge in [0.1, 0.15) is 18.0 Å². The van der Waals surface area contributed by atoms with Crippen LogP contribution in [0.15, 0.2) is 65.6 Å². The molecule has 1 aliphatic heterocycles. The lowest BCUT2D eigenvalue weighted by Gasteiger charge is -2.26. The molecule has 1 saturated heterocycles. The van der Waals surface area contributed by atoms with Gasteiger partial charge in [0.15, 0.2) is 11.5 Å². The van der Waals surface area contributed by atoms with E-state index in [2.05, 4.69) is 10.6 Å². The number of carbonyl (C=O) groups is 2. The Morgan fingerprint density at radius 3 is 2.30 bits per heavy atom. The zero-order valence-corrected chi connectivity index (χ0v) is 25.2. The molecule has 1 aliphatic rings. The monoisotopic (exact) mass is 613 g/mol. The Balaban J connectivity index is 1.67. The summed E-state index contributed by atoms with van der Waals surface area (Å²) in [5, 5.41) is 5.54. The van der Waals surface area contributed by atoms with Crippen molar-refractivity contribution < 1.29 is 41.7 Å². The molecule has 3 aromatic rings. The lowest BCUT2D eigenvalue weighted by molar-refractivity contribution is -0.114. The van der Waals surface area contributed by atoms with Gasteiger partial charge in [0.2, 0.25) is 5.91 Å². The molecule has 1 heterocycles. The van der Waals surface area contributed by atoms with E-state index in [1.165, 1.54) is 58.8 Å². The molecule has 0 bridgehead atoms. The smallest absolute Gasteiger partial charge is 0.265 e. The van der Waals surface area contributed by atoms with Crippen molar-refractivity contribution in [2.24, 2.45) is 0 Å². The number of nitrogens with one attached hydrogen (secondary N) is 2. The van der Waals surface area contributed by atoms with Crippen LogP contribution in [0.2, 0.25) is 0 Å². The van der Waals surface area contributed by atoms with Crippen LogP contribution in [0, 0.1) is 0 Å². The largest absolute Gasteiger partial charge is 0.497 e. The molecule has 0 unspecified atom stereocenters. The van der Waals surface area contributed by atoms with Gasteiger partial charge in [0, 0.05) is 25.3 Å². The number of hydrogen-bond donors (Lipinski definition) is 2. The van der Waals surface area contributed by atoms with Crippen LogP contribution in [0.3, 0.4) is 0 Å². The van der Waals surface area contributed by atoms with E-state index in [4.69, 9.17) is 23.7 Å². The van der Waals surface area contributed by atoms with Crippen molar-refractivity contribution in [3.63, 3.8) is 0 Å². The van der Waals surface area contributed by atoms with Crippen LogP contribution in [0.25, 0.3) is 0 Å². The number of para-hydroxylation sites is 1. The molecule has 230 valence electrons. The number of rotatable bonds is 13. The molecule has 3 aromatic carbocycles. The molecule has 1 fully saturated rings. The zero-order valence-electron chi connectivity index (χ0n) is 24.4. The van der Waals surface area contributed by atoms with Crippen LogP contribution in [0.1, 0.15) is 23.2 Å². The number of amides is 2. The van der Waals surface area contributed by atoms with Crippen molar-refractivity contribution in [1.82, 2.24) is 5.32 Å². The van der Waals surface area contributed by atoms with E-state index in [9.17, 15) is 18.0 Å². The van der Waals surface area contributed by atoms with Crippen molar-refractivity contribution in [3.05, 3.63) is 66.2 Å². The van der Waals surface area contributed by atoms with Gasteiger partial charge in [-0.2, -0.15) is 0 Å². The fraction of sp³-hybridized carbons (Fsp3) is 0.333. The van der Waals surface area contributed by atoms with Crippen LogP contribution >= 0.6 is 0 Å². The van der Waals surface area contributed by atoms with Gasteiger partial charge in [-0.25, -0.2) is 8.42 Å². The Bertz CT molecular complexity index is 1560. The molecule has 43 heavy (non-hydrogen) atoms. The molecule has 0 aromatic heterocycles. The molecule has 13 heteroatoms. The summed E-state index contributed by atoms with van der Waals surface area (Å²) >= 11 is 0. The fourth-order valence-electron chi connectivity index (χ4n) is 4.61. The Labute approximate surface area is 250 Å². The van der Waals surface area contributed by atoms with Gasteiger partial charge >= 0.3 is 0 Å². The number of benzene rings is 3. The second-order valence-corrected chi connectivity index (χ2v) is 11.4. The van der Waals surface area contributed by atoms with Crippen LogP contribution < -0.4 is 33.9 Å². The minimum absolute atomic E-state index is 0.0566. The molecule has 2 N–H and O–H groups in total. The van der Waals surface area contributed by atoms with Gasteiger partial charge in [-0.05, 0) is 49.2 Å². The lowest BCUT2D eigenvalue weighted by atomic mass is 10.1. The third-order valence-corrected chi connectivity index (χ3v) is 8.60. The predicted octanol–water partition coefficient (Wildman–Crippen LogP) is 3.46. The van der Waals surface area contributed by atoms with Crippen molar-refractivity contribution >= 4 is 33.2 Å². The minimum Gasteiger partial charge on any atom is -0.497 e. The second-order valence-electron chi connectivity index (χ2n) is 9.51. The highest BCUT2D eigenvalue weighted by Gasteiger charge is 2.31. The second kappa shape index (κ2) is 14.1. The standard InChI is InChI=1S/C30H35N3O9S/c1-38-20-11-13-26(39-2)25(16-20)33(43(36,37)22-12-14-27(40-3)28(17-22)41-4)19-29(34)32-24-10-6-5-9-23(24)30(35)31-18-21-8-7-15-42-21/h5-6,9-14,16-17,21H,7-8,15,18-19H2,1-4H3,(H,31,35)(H,32,34)/t21-/m0/s1. The molecular formula is C30H35N3O9S. The fourth-order valence-corrected chi connectivity index (χ4v) is 6.05. The minimum atomic E-state index is -4.39. The van der Waals surface area contributed by atoms with E-state index in [0.717, 1.165) is 17.1 Å². The summed E-state index contributed by atoms with van der Waals surface area (Å²) in [6.07, 6.45) is 1.74. The maximum Gasteiger partial charge on any atom is 0.265 e. The highest BCUT2D eigenvalue weighted by molar-refractivity contribution is 7.92. The third kappa shape index (κ3) is 7.30. The number of methoxy groups -OCH3 is 4. The maximum absolute atomic E-state index is 14.1. The first-order valence-corrected chi connectivity index (χ1v) is 14.9. The Morgan fingerprint density at radius 2 is 1.63 bits per heavy atom. The number of hydrogen-bond acceptors (Lipinski definition) is 9. The third-order valence-electron chi connectivity index (χ3n) is 6.84. The number of ether oxygens (including phenoxy) is 5. The zero-order chi connectivity index (χ0) is 31.0. The summed E-state index contributed by atoms with van der Waals surface area (Å²) < 4.78 is 56.1. The molecule has 0 radical (unpaired) electrons. The average Bonchev–Trinajstić information content (AvgIpc) is 3.55. The summed E-state index contributed by atoms with van der Waals surface area (Å²) in [5.74, 6) is -0.0416. The van der Waals surface area contributed by atoms with Crippen LogP contribution in [0.5, 0.6) is 23.0 Å². The number of carbonyl (C=O) groups excluding carboxylic acids is 2. The molecule has 0 spiro atoms. The number of anilines is 2. The van der Waals surface area contributed by atoms with Crippen molar-refractivity contribution in [2.45, 2.75) is 23.8 Å². The van der Waals surface area contributed by atoms with E-state index in [1.807, 2.05) is 0 Å². The lowest BCUT2D eigenvalue weighted by Crippen LogP contribution is -2.39. The van der Waals surface area contributed by atoms with Gasteiger partial charge in [-0.3, -0.25) is 13.9 Å². The highest BCUT2D eigenvalue weighted by Crippen LogP contribution is 2.37. The molecule has 12 nitrogen and oxygen atoms in total. The van der Waals surface area contributed by atoms with Crippen LogP contribution in [-0.2, 0) is 19.6 Å². The van der Waals surface area contributed by atoms with E-state index in [1.54, 1.807) is 30.3 Å². The van der Waals surface area contributed by atoms with Crippen molar-refractivity contribution in [2.75, 3.05) is 57.8 Å². The van der Waals surface area contributed by atoms with Crippen molar-refractivity contribution in [3.8, 4) is 23.0 Å². The Morgan fingerprint density at radius 1 is 0.907 bits per heavy atom. The quantitative estimate of drug-likeness (QED) is 0.296. The maximum atomic E-state index is 14.1. The summed E-state index contributed by atoms with van der Waals surface area (Å²) in [4.78, 5) is 26.3. The van der Waals surface area contributed by atoms with Crippen molar-refractivity contribution in [1.29, 1.82) is 0 Å². The normalized spacial score (nSPS) is 14.5. The van der Waals surface area contributed by atoms with E-state index < -0.39 is 28.4 Å². The highest BCUT2D eigenvalue weighted by atomic mass is 32.2. The molecule has 1 atom stereocenters. The summed E-state index contributed by atoms with van der Waals surface area (Å²) in [5.41, 5.74) is 0.509. The average molecular weight is 614 g/mol. The first-order valence-electron chi connectivity index (χ1n) is 13.5.